The number of aliphatic hydroxyl groups excluding tert-OH is 1. The first kappa shape index (κ1) is 15.4. The van der Waals surface area contributed by atoms with Gasteiger partial charge in [-0.15, -0.1) is 0 Å². The van der Waals surface area contributed by atoms with Crippen molar-refractivity contribution in [2.75, 3.05) is 6.61 Å². The molecule has 22 heavy (non-hydrogen) atoms. The molecule has 0 aromatic heterocycles. The summed E-state index contributed by atoms with van der Waals surface area (Å²) < 4.78 is 18.9. The molecule has 1 aromatic carbocycles. The van der Waals surface area contributed by atoms with Crippen LogP contribution in [0.4, 0.5) is 4.39 Å². The number of ether oxygens (including phenoxy) is 1. The standard InChI is InChI=1S/C17H22FNO3/c1-17(2)15(12-6-7-22-16(12)17)19-14(21)9-13(20)10-4-3-5-11(18)8-10/h3-5,8,12-13,15-16,20H,6-7,9H2,1-2H3,(H,19,21). The normalized spacial score (nSPS) is 30.3. The summed E-state index contributed by atoms with van der Waals surface area (Å²) in [6, 6.07) is 5.79. The average Bonchev–Trinajstić information content (AvgIpc) is 2.92. The molecule has 4 unspecified atom stereocenters. The highest BCUT2D eigenvalue weighted by Crippen LogP contribution is 2.52. The Bertz CT molecular complexity index is 575. The van der Waals surface area contributed by atoms with E-state index in [-0.39, 0.29) is 29.9 Å². The van der Waals surface area contributed by atoms with Crippen molar-refractivity contribution in [3.8, 4) is 0 Å². The van der Waals surface area contributed by atoms with Crippen LogP contribution in [0.15, 0.2) is 24.3 Å². The van der Waals surface area contributed by atoms with Gasteiger partial charge in [0.15, 0.2) is 0 Å². The van der Waals surface area contributed by atoms with E-state index in [1.807, 2.05) is 0 Å². The van der Waals surface area contributed by atoms with Gasteiger partial charge in [0, 0.05) is 24.0 Å². The summed E-state index contributed by atoms with van der Waals surface area (Å²) >= 11 is 0. The van der Waals surface area contributed by atoms with Gasteiger partial charge in [0.2, 0.25) is 5.91 Å². The predicted molar refractivity (Wildman–Crippen MR) is 79.5 cm³/mol. The Balaban J connectivity index is 1.59. The Kier molecular flexibility index (Phi) is 3.95. The largest absolute Gasteiger partial charge is 0.388 e. The quantitative estimate of drug-likeness (QED) is 0.896. The summed E-state index contributed by atoms with van der Waals surface area (Å²) in [4.78, 5) is 12.2. The van der Waals surface area contributed by atoms with Crippen LogP contribution in [0.2, 0.25) is 0 Å². The smallest absolute Gasteiger partial charge is 0.223 e. The molecule has 1 saturated carbocycles. The number of hydrogen-bond acceptors (Lipinski definition) is 3. The molecular formula is C17H22FNO3. The first-order valence-corrected chi connectivity index (χ1v) is 7.74. The molecule has 4 nitrogen and oxygen atoms in total. The Labute approximate surface area is 129 Å². The molecule has 1 aliphatic carbocycles. The fraction of sp³-hybridized carbons (Fsp3) is 0.588. The summed E-state index contributed by atoms with van der Waals surface area (Å²) in [5.41, 5.74) is 0.339. The van der Waals surface area contributed by atoms with Gasteiger partial charge in [-0.3, -0.25) is 4.79 Å². The third-order valence-electron chi connectivity index (χ3n) is 5.03. The van der Waals surface area contributed by atoms with Gasteiger partial charge in [0.05, 0.1) is 18.6 Å². The maximum absolute atomic E-state index is 13.2. The highest BCUT2D eigenvalue weighted by molar-refractivity contribution is 5.77. The SMILES string of the molecule is CC1(C)C(NC(=O)CC(O)c2cccc(F)c2)C2CCOC21. The van der Waals surface area contributed by atoms with E-state index in [4.69, 9.17) is 4.74 Å². The molecule has 5 heteroatoms. The van der Waals surface area contributed by atoms with Crippen LogP contribution in [0.1, 0.15) is 38.4 Å². The molecule has 3 rings (SSSR count). The summed E-state index contributed by atoms with van der Waals surface area (Å²) in [5, 5.41) is 13.1. The monoisotopic (exact) mass is 307 g/mol. The second-order valence-electron chi connectivity index (χ2n) is 6.89. The third kappa shape index (κ3) is 2.63. The Morgan fingerprint density at radius 3 is 3.05 bits per heavy atom. The zero-order chi connectivity index (χ0) is 15.9. The van der Waals surface area contributed by atoms with Crippen molar-refractivity contribution in [2.45, 2.75) is 44.9 Å². The fourth-order valence-electron chi connectivity index (χ4n) is 3.86. The summed E-state index contributed by atoms with van der Waals surface area (Å²) in [6.07, 6.45) is 0.125. The van der Waals surface area contributed by atoms with E-state index in [9.17, 15) is 14.3 Å². The van der Waals surface area contributed by atoms with E-state index in [0.29, 0.717) is 11.5 Å². The van der Waals surface area contributed by atoms with Gasteiger partial charge in [-0.05, 0) is 24.1 Å². The number of carbonyl (C=O) groups excluding carboxylic acids is 1. The number of fused-ring (bicyclic) bond motifs is 1. The summed E-state index contributed by atoms with van der Waals surface area (Å²) in [5.74, 6) is -0.256. The summed E-state index contributed by atoms with van der Waals surface area (Å²) in [6.45, 7) is 4.93. The van der Waals surface area contributed by atoms with Crippen LogP contribution in [0.25, 0.3) is 0 Å². The van der Waals surface area contributed by atoms with Crippen LogP contribution in [-0.2, 0) is 9.53 Å². The fourth-order valence-corrected chi connectivity index (χ4v) is 3.86. The van der Waals surface area contributed by atoms with Crippen molar-refractivity contribution in [1.29, 1.82) is 0 Å². The topological polar surface area (TPSA) is 58.6 Å². The second-order valence-corrected chi connectivity index (χ2v) is 6.89. The van der Waals surface area contributed by atoms with Gasteiger partial charge in [0.25, 0.3) is 0 Å². The number of aliphatic hydroxyl groups is 1. The van der Waals surface area contributed by atoms with E-state index >= 15 is 0 Å². The van der Waals surface area contributed by atoms with Crippen LogP contribution in [0.3, 0.4) is 0 Å². The number of carbonyl (C=O) groups is 1. The lowest BCUT2D eigenvalue weighted by Gasteiger charge is -2.54. The van der Waals surface area contributed by atoms with Crippen LogP contribution in [0, 0.1) is 17.2 Å². The average molecular weight is 307 g/mol. The van der Waals surface area contributed by atoms with Gasteiger partial charge in [-0.25, -0.2) is 4.39 Å². The van der Waals surface area contributed by atoms with Gasteiger partial charge < -0.3 is 15.2 Å². The Morgan fingerprint density at radius 1 is 1.55 bits per heavy atom. The molecule has 0 radical (unpaired) electrons. The van der Waals surface area contributed by atoms with Crippen molar-refractivity contribution >= 4 is 5.91 Å². The van der Waals surface area contributed by atoms with Crippen LogP contribution in [0.5, 0.6) is 0 Å². The second kappa shape index (κ2) is 5.63. The first-order chi connectivity index (χ1) is 10.4. The maximum atomic E-state index is 13.2. The van der Waals surface area contributed by atoms with Gasteiger partial charge in [-0.2, -0.15) is 0 Å². The van der Waals surface area contributed by atoms with Crippen molar-refractivity contribution < 1.29 is 19.0 Å². The van der Waals surface area contributed by atoms with Crippen molar-refractivity contribution in [2.24, 2.45) is 11.3 Å². The van der Waals surface area contributed by atoms with E-state index in [2.05, 4.69) is 19.2 Å². The van der Waals surface area contributed by atoms with Crippen LogP contribution < -0.4 is 5.32 Å². The molecule has 2 aliphatic rings. The molecule has 1 aliphatic heterocycles. The van der Waals surface area contributed by atoms with Gasteiger partial charge in [-0.1, -0.05) is 26.0 Å². The number of hydrogen-bond donors (Lipinski definition) is 2. The molecular weight excluding hydrogens is 285 g/mol. The highest BCUT2D eigenvalue weighted by Gasteiger charge is 2.59. The van der Waals surface area contributed by atoms with Crippen molar-refractivity contribution in [1.82, 2.24) is 5.32 Å². The van der Waals surface area contributed by atoms with E-state index in [1.54, 1.807) is 6.07 Å². The zero-order valence-corrected chi connectivity index (χ0v) is 12.9. The molecule has 1 heterocycles. The number of rotatable bonds is 4. The lowest BCUT2D eigenvalue weighted by molar-refractivity contribution is -0.139. The van der Waals surface area contributed by atoms with E-state index < -0.39 is 11.9 Å². The molecule has 120 valence electrons. The highest BCUT2D eigenvalue weighted by atomic mass is 19.1. The molecule has 0 spiro atoms. The third-order valence-corrected chi connectivity index (χ3v) is 5.03. The Hall–Kier alpha value is -1.46. The minimum absolute atomic E-state index is 0.0612. The zero-order valence-electron chi connectivity index (χ0n) is 12.9. The van der Waals surface area contributed by atoms with E-state index in [1.165, 1.54) is 18.2 Å². The molecule has 2 fully saturated rings. The lowest BCUT2D eigenvalue weighted by Crippen LogP contribution is -2.66. The minimum atomic E-state index is -0.991. The van der Waals surface area contributed by atoms with Gasteiger partial charge >= 0.3 is 0 Å². The predicted octanol–water partition coefficient (Wildman–Crippen LogP) is 2.18. The van der Waals surface area contributed by atoms with Crippen molar-refractivity contribution in [3.05, 3.63) is 35.6 Å². The molecule has 0 bridgehead atoms. The maximum Gasteiger partial charge on any atom is 0.223 e. The first-order valence-electron chi connectivity index (χ1n) is 7.74. The van der Waals surface area contributed by atoms with Gasteiger partial charge in [0.1, 0.15) is 5.82 Å². The van der Waals surface area contributed by atoms with Crippen LogP contribution >= 0.6 is 0 Å². The molecule has 1 amide bonds. The van der Waals surface area contributed by atoms with Crippen LogP contribution in [-0.4, -0.2) is 29.8 Å². The number of halogens is 1. The number of benzene rings is 1. The molecule has 2 N–H and O–H groups in total. The molecule has 4 atom stereocenters. The number of amides is 1. The molecule has 1 saturated heterocycles. The molecule has 1 aromatic rings. The number of nitrogens with one attached hydrogen (secondary N) is 1. The lowest BCUT2D eigenvalue weighted by atomic mass is 9.57. The van der Waals surface area contributed by atoms with Crippen molar-refractivity contribution in [3.63, 3.8) is 0 Å². The Morgan fingerprint density at radius 2 is 2.32 bits per heavy atom. The minimum Gasteiger partial charge on any atom is -0.388 e. The van der Waals surface area contributed by atoms with E-state index in [0.717, 1.165) is 13.0 Å². The summed E-state index contributed by atoms with van der Waals surface area (Å²) in [7, 11) is 0.